The molecule has 2 aromatic carbocycles. The van der Waals surface area contributed by atoms with Crippen LogP contribution >= 0.6 is 0 Å². The van der Waals surface area contributed by atoms with Gasteiger partial charge in [-0.2, -0.15) is 0 Å². The van der Waals surface area contributed by atoms with Crippen LogP contribution in [0.2, 0.25) is 6.32 Å². The molecule has 0 saturated heterocycles. The van der Waals surface area contributed by atoms with Gasteiger partial charge in [-0.3, -0.25) is 0 Å². The summed E-state index contributed by atoms with van der Waals surface area (Å²) < 4.78 is 8.14. The minimum Gasteiger partial charge on any atom is -0.494 e. The molecule has 0 N–H and O–H groups in total. The molecule has 0 radical (unpaired) electrons. The van der Waals surface area contributed by atoms with Gasteiger partial charge in [0.05, 0.1) is 12.9 Å². The zero-order chi connectivity index (χ0) is 27.1. The lowest BCUT2D eigenvalue weighted by atomic mass is 9.38. The van der Waals surface area contributed by atoms with Crippen molar-refractivity contribution in [2.24, 2.45) is 0 Å². The number of hydrogen-bond donors (Lipinski definition) is 0. The first kappa shape index (κ1) is 31.7. The minimum atomic E-state index is 0.430. The standard InChI is InChI=1S/C19H25BO.C15H28N2/c1-3-5-15-20(17-11-7-6-8-12-17)18-13-9-10-14-19(18)21-16-4-2;1-2-3-4-5-6-7-8-9-10-11-13-17-14-12-16-15-17/h6-14H,3-5,15-16H2,1-2H3;12,14-15H,2-11,13H2,1H3. The Balaban J connectivity index is 0.000000273. The highest BCUT2D eigenvalue weighted by atomic mass is 16.5. The fourth-order valence-electron chi connectivity index (χ4n) is 4.91. The van der Waals surface area contributed by atoms with Crippen LogP contribution in [-0.4, -0.2) is 22.9 Å². The predicted molar refractivity (Wildman–Crippen MR) is 167 cm³/mol. The third kappa shape index (κ3) is 13.4. The van der Waals surface area contributed by atoms with Crippen LogP contribution in [0.5, 0.6) is 5.75 Å². The Bertz CT molecular complexity index is 913. The summed E-state index contributed by atoms with van der Waals surface area (Å²) in [5, 5.41) is 0. The second-order valence-corrected chi connectivity index (χ2v) is 10.5. The van der Waals surface area contributed by atoms with Gasteiger partial charge >= 0.3 is 0 Å². The van der Waals surface area contributed by atoms with E-state index in [-0.39, 0.29) is 0 Å². The number of aromatic nitrogens is 2. The molecule has 0 aliphatic carbocycles. The summed E-state index contributed by atoms with van der Waals surface area (Å²) in [6, 6.07) is 19.3. The fourth-order valence-corrected chi connectivity index (χ4v) is 4.91. The summed E-state index contributed by atoms with van der Waals surface area (Å²) in [6.45, 7) is 9.03. The molecule has 0 unspecified atom stereocenters. The van der Waals surface area contributed by atoms with Crippen molar-refractivity contribution in [1.29, 1.82) is 0 Å². The van der Waals surface area contributed by atoms with Gasteiger partial charge in [0.2, 0.25) is 6.71 Å². The van der Waals surface area contributed by atoms with Crippen LogP contribution in [0.4, 0.5) is 0 Å². The molecule has 38 heavy (non-hydrogen) atoms. The molecular formula is C34H53BN2O. The van der Waals surface area contributed by atoms with Crippen LogP contribution in [0.3, 0.4) is 0 Å². The first-order valence-electron chi connectivity index (χ1n) is 15.5. The topological polar surface area (TPSA) is 27.1 Å². The number of hydrogen-bond acceptors (Lipinski definition) is 2. The SMILES string of the molecule is CCCCB(c1ccccc1)c1ccccc1OCCC.CCCCCCCCCCCCn1ccnc1. The molecule has 4 heteroatoms. The third-order valence-corrected chi connectivity index (χ3v) is 7.13. The van der Waals surface area contributed by atoms with Gasteiger partial charge in [0.25, 0.3) is 0 Å². The highest BCUT2D eigenvalue weighted by Gasteiger charge is 2.21. The molecule has 3 aromatic rings. The number of rotatable bonds is 19. The highest BCUT2D eigenvalue weighted by molar-refractivity contribution is 6.85. The molecule has 0 atom stereocenters. The maximum atomic E-state index is 5.97. The Labute approximate surface area is 234 Å². The first-order valence-corrected chi connectivity index (χ1v) is 15.5. The zero-order valence-electron chi connectivity index (χ0n) is 24.6. The predicted octanol–water partition coefficient (Wildman–Crippen LogP) is 8.69. The molecule has 0 spiro atoms. The molecule has 208 valence electrons. The maximum Gasteiger partial charge on any atom is 0.214 e. The van der Waals surface area contributed by atoms with Gasteiger partial charge in [0, 0.05) is 18.9 Å². The number of nitrogens with zero attached hydrogens (tertiary/aromatic N) is 2. The molecular weight excluding hydrogens is 463 g/mol. The van der Waals surface area contributed by atoms with Crippen LogP contribution < -0.4 is 15.7 Å². The van der Waals surface area contributed by atoms with E-state index in [9.17, 15) is 0 Å². The van der Waals surface area contributed by atoms with E-state index in [0.717, 1.165) is 25.3 Å². The highest BCUT2D eigenvalue weighted by Crippen LogP contribution is 2.13. The van der Waals surface area contributed by atoms with Crippen molar-refractivity contribution in [3.05, 3.63) is 73.3 Å². The van der Waals surface area contributed by atoms with Crippen molar-refractivity contribution in [1.82, 2.24) is 9.55 Å². The van der Waals surface area contributed by atoms with E-state index in [1.807, 2.05) is 18.7 Å². The van der Waals surface area contributed by atoms with Crippen LogP contribution in [0, 0.1) is 0 Å². The molecule has 0 bridgehead atoms. The van der Waals surface area contributed by atoms with Crippen molar-refractivity contribution < 1.29 is 4.74 Å². The Morgan fingerprint density at radius 2 is 1.32 bits per heavy atom. The van der Waals surface area contributed by atoms with Crippen molar-refractivity contribution in [3.63, 3.8) is 0 Å². The Morgan fingerprint density at radius 3 is 1.95 bits per heavy atom. The van der Waals surface area contributed by atoms with E-state index in [1.165, 1.54) is 94.3 Å². The van der Waals surface area contributed by atoms with Gasteiger partial charge in [0.1, 0.15) is 5.75 Å². The average Bonchev–Trinajstić information content (AvgIpc) is 3.48. The summed E-state index contributed by atoms with van der Waals surface area (Å²) in [5.74, 6) is 1.05. The molecule has 0 saturated carbocycles. The van der Waals surface area contributed by atoms with Gasteiger partial charge in [-0.15, -0.1) is 0 Å². The Hall–Kier alpha value is -2.49. The van der Waals surface area contributed by atoms with E-state index in [0.29, 0.717) is 6.71 Å². The molecule has 0 aliphatic heterocycles. The number of ether oxygens (including phenoxy) is 1. The summed E-state index contributed by atoms with van der Waals surface area (Å²) in [7, 11) is 0. The number of aryl methyl sites for hydroxylation is 1. The van der Waals surface area contributed by atoms with Crippen LogP contribution in [0.1, 0.15) is 104 Å². The van der Waals surface area contributed by atoms with Gasteiger partial charge < -0.3 is 9.30 Å². The fraction of sp³-hybridized carbons (Fsp3) is 0.559. The molecule has 3 nitrogen and oxygen atoms in total. The molecule has 3 rings (SSSR count). The van der Waals surface area contributed by atoms with Crippen LogP contribution in [-0.2, 0) is 6.54 Å². The molecule has 0 fully saturated rings. The lowest BCUT2D eigenvalue weighted by Gasteiger charge is -2.18. The van der Waals surface area contributed by atoms with E-state index in [4.69, 9.17) is 4.74 Å². The average molecular weight is 517 g/mol. The van der Waals surface area contributed by atoms with Crippen molar-refractivity contribution in [2.45, 2.75) is 117 Å². The monoisotopic (exact) mass is 516 g/mol. The largest absolute Gasteiger partial charge is 0.494 e. The second kappa shape index (κ2) is 21.4. The minimum absolute atomic E-state index is 0.430. The van der Waals surface area contributed by atoms with Crippen molar-refractivity contribution in [2.75, 3.05) is 6.61 Å². The first-order chi connectivity index (χ1) is 18.8. The number of benzene rings is 2. The zero-order valence-corrected chi connectivity index (χ0v) is 24.6. The third-order valence-electron chi connectivity index (χ3n) is 7.13. The lowest BCUT2D eigenvalue weighted by molar-refractivity contribution is 0.320. The van der Waals surface area contributed by atoms with E-state index in [2.05, 4.69) is 84.9 Å². The summed E-state index contributed by atoms with van der Waals surface area (Å²) in [6.07, 6.45) is 24.5. The van der Waals surface area contributed by atoms with E-state index < -0.39 is 0 Å². The molecule has 0 amide bonds. The molecule has 1 aromatic heterocycles. The van der Waals surface area contributed by atoms with Gasteiger partial charge in [-0.05, 0) is 24.4 Å². The number of imidazole rings is 1. The Morgan fingerprint density at radius 1 is 0.684 bits per heavy atom. The summed E-state index contributed by atoms with van der Waals surface area (Å²) in [5.41, 5.74) is 2.71. The smallest absolute Gasteiger partial charge is 0.214 e. The normalized spacial score (nSPS) is 10.6. The summed E-state index contributed by atoms with van der Waals surface area (Å²) in [4.78, 5) is 4.05. The summed E-state index contributed by atoms with van der Waals surface area (Å²) >= 11 is 0. The molecule has 0 aliphatic rings. The van der Waals surface area contributed by atoms with Gasteiger partial charge in [-0.25, -0.2) is 4.98 Å². The van der Waals surface area contributed by atoms with E-state index >= 15 is 0 Å². The van der Waals surface area contributed by atoms with Crippen molar-refractivity contribution in [3.8, 4) is 5.75 Å². The number of unbranched alkanes of at least 4 members (excludes halogenated alkanes) is 10. The number of para-hydroxylation sites is 1. The Kier molecular flexibility index (Phi) is 17.9. The second-order valence-electron chi connectivity index (χ2n) is 10.5. The van der Waals surface area contributed by atoms with Gasteiger partial charge in [0.15, 0.2) is 0 Å². The maximum absolute atomic E-state index is 5.97. The van der Waals surface area contributed by atoms with E-state index in [1.54, 1.807) is 0 Å². The van der Waals surface area contributed by atoms with Crippen LogP contribution in [0.25, 0.3) is 0 Å². The quantitative estimate of drug-likeness (QED) is 0.118. The van der Waals surface area contributed by atoms with Gasteiger partial charge in [-0.1, -0.05) is 152 Å². The van der Waals surface area contributed by atoms with Crippen molar-refractivity contribution >= 4 is 17.6 Å². The molecule has 1 heterocycles. The van der Waals surface area contributed by atoms with Crippen LogP contribution in [0.15, 0.2) is 73.3 Å². The lowest BCUT2D eigenvalue weighted by Crippen LogP contribution is -2.42.